The highest BCUT2D eigenvalue weighted by Gasteiger charge is 2.24. The molecular weight excluding hydrogens is 390 g/mol. The van der Waals surface area contributed by atoms with Crippen molar-refractivity contribution in [2.24, 2.45) is 4.99 Å². The van der Waals surface area contributed by atoms with Gasteiger partial charge in [0.05, 0.1) is 10.6 Å². The van der Waals surface area contributed by atoms with Crippen LogP contribution in [-0.2, 0) is 11.2 Å². The summed E-state index contributed by atoms with van der Waals surface area (Å²) in [4.78, 5) is 17.7. The Morgan fingerprint density at radius 1 is 1.07 bits per heavy atom. The molecule has 0 bridgehead atoms. The van der Waals surface area contributed by atoms with Gasteiger partial charge in [-0.2, -0.15) is 0 Å². The van der Waals surface area contributed by atoms with Gasteiger partial charge < -0.3 is 9.88 Å². The summed E-state index contributed by atoms with van der Waals surface area (Å²) in [7, 11) is 0. The number of carbonyl (C=O) groups is 1. The maximum Gasteiger partial charge on any atom is 0.264 e. The van der Waals surface area contributed by atoms with Gasteiger partial charge in [0.1, 0.15) is 0 Å². The number of rotatable bonds is 4. The van der Waals surface area contributed by atoms with Crippen LogP contribution < -0.4 is 5.32 Å². The lowest BCUT2D eigenvalue weighted by molar-refractivity contribution is -0.115. The van der Waals surface area contributed by atoms with Gasteiger partial charge in [-0.25, -0.2) is 4.99 Å². The summed E-state index contributed by atoms with van der Waals surface area (Å²) >= 11 is 1.38. The van der Waals surface area contributed by atoms with Crippen molar-refractivity contribution in [3.63, 3.8) is 0 Å². The molecule has 0 saturated carbocycles. The Balaban J connectivity index is 1.61. The standard InChI is InChI=1S/C25H25N3OS/c1-5-19-9-11-21(12-10-19)26-25-27-24(29)23(30-25)15-20-14-17(3)28(18(20)4)22-8-6-7-16(2)13-22/h6-15H,5H2,1-4H3,(H,26,27,29)/b23-15-. The van der Waals surface area contributed by atoms with Crippen molar-refractivity contribution >= 4 is 34.6 Å². The van der Waals surface area contributed by atoms with Crippen LogP contribution in [0.2, 0.25) is 0 Å². The number of nitrogens with zero attached hydrogens (tertiary/aromatic N) is 2. The maximum atomic E-state index is 12.5. The van der Waals surface area contributed by atoms with Crippen molar-refractivity contribution < 1.29 is 4.79 Å². The zero-order valence-corrected chi connectivity index (χ0v) is 18.5. The van der Waals surface area contributed by atoms with E-state index in [-0.39, 0.29) is 5.91 Å². The molecule has 30 heavy (non-hydrogen) atoms. The van der Waals surface area contributed by atoms with Crippen molar-refractivity contribution in [3.8, 4) is 5.69 Å². The second-order valence-electron chi connectivity index (χ2n) is 7.50. The highest BCUT2D eigenvalue weighted by molar-refractivity contribution is 8.18. The van der Waals surface area contributed by atoms with E-state index in [1.54, 1.807) is 0 Å². The molecule has 0 atom stereocenters. The van der Waals surface area contributed by atoms with Gasteiger partial charge in [0.25, 0.3) is 5.91 Å². The van der Waals surface area contributed by atoms with Gasteiger partial charge in [-0.3, -0.25) is 4.79 Å². The van der Waals surface area contributed by atoms with Crippen LogP contribution in [0.4, 0.5) is 5.69 Å². The number of aliphatic imine (C=N–C) groups is 1. The topological polar surface area (TPSA) is 46.4 Å². The summed E-state index contributed by atoms with van der Waals surface area (Å²) in [6, 6.07) is 18.7. The van der Waals surface area contributed by atoms with Crippen LogP contribution in [0.3, 0.4) is 0 Å². The maximum absolute atomic E-state index is 12.5. The van der Waals surface area contributed by atoms with E-state index in [1.165, 1.54) is 22.9 Å². The Morgan fingerprint density at radius 2 is 1.83 bits per heavy atom. The number of nitrogens with one attached hydrogen (secondary N) is 1. The van der Waals surface area contributed by atoms with Crippen LogP contribution in [0.5, 0.6) is 0 Å². The predicted octanol–water partition coefficient (Wildman–Crippen LogP) is 5.86. The summed E-state index contributed by atoms with van der Waals surface area (Å²) in [6.45, 7) is 8.40. The van der Waals surface area contributed by atoms with Gasteiger partial charge in [0, 0.05) is 17.1 Å². The van der Waals surface area contributed by atoms with Gasteiger partial charge in [-0.05, 0) is 92.1 Å². The molecule has 1 N–H and O–H groups in total. The Labute approximate surface area is 181 Å². The molecule has 1 aliphatic heterocycles. The van der Waals surface area contributed by atoms with E-state index >= 15 is 0 Å². The van der Waals surface area contributed by atoms with Gasteiger partial charge in [-0.1, -0.05) is 31.2 Å². The van der Waals surface area contributed by atoms with E-state index in [1.807, 2.05) is 18.2 Å². The molecule has 1 fully saturated rings. The lowest BCUT2D eigenvalue weighted by atomic mass is 10.2. The number of aryl methyl sites for hydroxylation is 3. The molecule has 0 spiro atoms. The van der Waals surface area contributed by atoms with E-state index in [9.17, 15) is 4.79 Å². The molecule has 1 aromatic heterocycles. The van der Waals surface area contributed by atoms with Gasteiger partial charge >= 0.3 is 0 Å². The van der Waals surface area contributed by atoms with Gasteiger partial charge in [0.2, 0.25) is 0 Å². The Hall–Kier alpha value is -3.05. The van der Waals surface area contributed by atoms with Gasteiger partial charge in [0.15, 0.2) is 5.17 Å². The summed E-state index contributed by atoms with van der Waals surface area (Å²) in [6.07, 6.45) is 2.95. The fourth-order valence-corrected chi connectivity index (χ4v) is 4.48. The van der Waals surface area contributed by atoms with E-state index in [0.29, 0.717) is 10.1 Å². The van der Waals surface area contributed by atoms with E-state index < -0.39 is 0 Å². The number of benzene rings is 2. The first-order valence-corrected chi connectivity index (χ1v) is 10.9. The van der Waals surface area contributed by atoms with Crippen molar-refractivity contribution in [3.05, 3.63) is 87.6 Å². The lowest BCUT2D eigenvalue weighted by Gasteiger charge is -2.10. The number of hydrogen-bond donors (Lipinski definition) is 1. The molecular formula is C25H25N3OS. The average Bonchev–Trinajstić information content (AvgIpc) is 3.20. The fourth-order valence-electron chi connectivity index (χ4n) is 3.64. The van der Waals surface area contributed by atoms with Crippen LogP contribution in [0, 0.1) is 20.8 Å². The molecule has 2 aromatic carbocycles. The molecule has 0 unspecified atom stereocenters. The first kappa shape index (κ1) is 20.2. The van der Waals surface area contributed by atoms with Crippen molar-refractivity contribution in [1.82, 2.24) is 9.88 Å². The third-order valence-electron chi connectivity index (χ3n) is 5.24. The third-order valence-corrected chi connectivity index (χ3v) is 6.15. The van der Waals surface area contributed by atoms with E-state index in [4.69, 9.17) is 0 Å². The predicted molar refractivity (Wildman–Crippen MR) is 127 cm³/mol. The number of aromatic nitrogens is 1. The normalized spacial score (nSPS) is 16.5. The Bertz CT molecular complexity index is 1170. The third kappa shape index (κ3) is 4.12. The second kappa shape index (κ2) is 8.36. The molecule has 1 aliphatic rings. The molecule has 2 heterocycles. The molecule has 0 aliphatic carbocycles. The quantitative estimate of drug-likeness (QED) is 0.543. The highest BCUT2D eigenvalue weighted by atomic mass is 32.2. The summed E-state index contributed by atoms with van der Waals surface area (Å²) < 4.78 is 2.22. The summed E-state index contributed by atoms with van der Waals surface area (Å²) in [5.41, 5.74) is 7.76. The fraction of sp³-hybridized carbons (Fsp3) is 0.200. The highest BCUT2D eigenvalue weighted by Crippen LogP contribution is 2.30. The van der Waals surface area contributed by atoms with Gasteiger partial charge in [-0.15, -0.1) is 0 Å². The summed E-state index contributed by atoms with van der Waals surface area (Å²) in [5, 5.41) is 3.49. The lowest BCUT2D eigenvalue weighted by Crippen LogP contribution is -2.19. The second-order valence-corrected chi connectivity index (χ2v) is 8.53. The molecule has 1 saturated heterocycles. The number of hydrogen-bond acceptors (Lipinski definition) is 3. The SMILES string of the molecule is CCc1ccc(N=C2NC(=O)/C(=C/c3cc(C)n(-c4cccc(C)c4)c3C)S2)cc1. The average molecular weight is 416 g/mol. The monoisotopic (exact) mass is 415 g/mol. The van der Waals surface area contributed by atoms with Crippen LogP contribution >= 0.6 is 11.8 Å². The van der Waals surface area contributed by atoms with Crippen LogP contribution in [0.1, 0.15) is 35.0 Å². The molecule has 4 rings (SSSR count). The molecule has 0 radical (unpaired) electrons. The zero-order valence-electron chi connectivity index (χ0n) is 17.7. The summed E-state index contributed by atoms with van der Waals surface area (Å²) in [5.74, 6) is -0.107. The number of amides is 1. The van der Waals surface area contributed by atoms with Crippen LogP contribution in [-0.4, -0.2) is 15.6 Å². The first-order chi connectivity index (χ1) is 14.4. The Morgan fingerprint density at radius 3 is 2.53 bits per heavy atom. The van der Waals surface area contributed by atoms with Crippen LogP contribution in [0.15, 0.2) is 64.5 Å². The molecule has 5 heteroatoms. The largest absolute Gasteiger partial charge is 0.318 e. The minimum absolute atomic E-state index is 0.107. The smallest absolute Gasteiger partial charge is 0.264 e. The molecule has 152 valence electrons. The number of thioether (sulfide) groups is 1. The molecule has 3 aromatic rings. The Kier molecular flexibility index (Phi) is 5.64. The van der Waals surface area contributed by atoms with Crippen molar-refractivity contribution in [2.45, 2.75) is 34.1 Å². The first-order valence-electron chi connectivity index (χ1n) is 10.1. The minimum atomic E-state index is -0.107. The van der Waals surface area contributed by atoms with Crippen LogP contribution in [0.25, 0.3) is 11.8 Å². The van der Waals surface area contributed by atoms with E-state index in [0.717, 1.165) is 34.7 Å². The molecule has 4 nitrogen and oxygen atoms in total. The van der Waals surface area contributed by atoms with Crippen molar-refractivity contribution in [2.75, 3.05) is 0 Å². The number of amidine groups is 1. The van der Waals surface area contributed by atoms with E-state index in [2.05, 4.69) is 85.0 Å². The molecule has 1 amide bonds. The number of carbonyl (C=O) groups excluding carboxylic acids is 1. The van der Waals surface area contributed by atoms with Crippen molar-refractivity contribution in [1.29, 1.82) is 0 Å². The zero-order chi connectivity index (χ0) is 21.3. The minimum Gasteiger partial charge on any atom is -0.318 e.